The number of aryl methyl sites for hydroxylation is 2. The average Bonchev–Trinajstić information content (AvgIpc) is 3.10. The maximum Gasteiger partial charge on any atom is 0.229 e. The third-order valence-corrected chi connectivity index (χ3v) is 5.50. The minimum absolute atomic E-state index is 0.0374. The molecule has 2 heterocycles. The van der Waals surface area contributed by atoms with Crippen LogP contribution in [-0.4, -0.2) is 27.1 Å². The summed E-state index contributed by atoms with van der Waals surface area (Å²) in [5.41, 5.74) is 1.84. The van der Waals surface area contributed by atoms with E-state index in [1.807, 2.05) is 19.2 Å². The molecule has 0 aromatic carbocycles. The molecule has 0 saturated heterocycles. The van der Waals surface area contributed by atoms with Crippen LogP contribution in [0.5, 0.6) is 0 Å². The summed E-state index contributed by atoms with van der Waals surface area (Å²) in [6.07, 6.45) is 1.67. The molecule has 2 N–H and O–H groups in total. The largest absolute Gasteiger partial charge is 0.393 e. The van der Waals surface area contributed by atoms with Gasteiger partial charge >= 0.3 is 0 Å². The molecule has 7 heteroatoms. The smallest absolute Gasteiger partial charge is 0.229 e. The van der Waals surface area contributed by atoms with Gasteiger partial charge in [-0.2, -0.15) is 0 Å². The standard InChI is InChI=1S/C14H17N3O2S2/c1-7-12(21-8(2)15-7)11-6-20-14(16-11)17-13(19)9-3-4-10(18)5-9/h6,9-10,18H,3-5H2,1-2H3,(H,16,17,19)/t9-,10-/m0/s1. The van der Waals surface area contributed by atoms with Gasteiger partial charge in [0.15, 0.2) is 5.13 Å². The molecule has 0 radical (unpaired) electrons. The summed E-state index contributed by atoms with van der Waals surface area (Å²) in [4.78, 5) is 22.0. The summed E-state index contributed by atoms with van der Waals surface area (Å²) in [5, 5.41) is 15.9. The number of aromatic nitrogens is 2. The number of aliphatic hydroxyl groups excluding tert-OH is 1. The lowest BCUT2D eigenvalue weighted by Crippen LogP contribution is -2.21. The number of amides is 1. The number of aliphatic hydroxyl groups is 1. The van der Waals surface area contributed by atoms with Gasteiger partial charge in [-0.05, 0) is 33.1 Å². The van der Waals surface area contributed by atoms with E-state index in [1.54, 1.807) is 11.3 Å². The van der Waals surface area contributed by atoms with Gasteiger partial charge in [-0.15, -0.1) is 22.7 Å². The van der Waals surface area contributed by atoms with Crippen LogP contribution in [0.4, 0.5) is 5.13 Å². The topological polar surface area (TPSA) is 75.1 Å². The molecule has 2 aromatic rings. The van der Waals surface area contributed by atoms with E-state index in [9.17, 15) is 9.90 Å². The van der Waals surface area contributed by atoms with Crippen LogP contribution in [0.2, 0.25) is 0 Å². The zero-order valence-corrected chi connectivity index (χ0v) is 13.6. The van der Waals surface area contributed by atoms with Crippen molar-refractivity contribution in [1.29, 1.82) is 0 Å². The number of nitrogens with zero attached hydrogens (tertiary/aromatic N) is 2. The van der Waals surface area contributed by atoms with Crippen LogP contribution in [0.3, 0.4) is 0 Å². The van der Waals surface area contributed by atoms with Gasteiger partial charge in [0.25, 0.3) is 0 Å². The Morgan fingerprint density at radius 1 is 1.38 bits per heavy atom. The Bertz CT molecular complexity index is 665. The second-order valence-corrected chi connectivity index (χ2v) is 7.40. The Morgan fingerprint density at radius 3 is 2.81 bits per heavy atom. The van der Waals surface area contributed by atoms with Crippen LogP contribution < -0.4 is 5.32 Å². The fourth-order valence-corrected chi connectivity index (χ4v) is 4.27. The summed E-state index contributed by atoms with van der Waals surface area (Å²) >= 11 is 3.04. The SMILES string of the molecule is Cc1nc(C)c(-c2csc(NC(=O)[C@H]3CC[C@H](O)C3)n2)s1. The van der Waals surface area contributed by atoms with Crippen molar-refractivity contribution < 1.29 is 9.90 Å². The minimum Gasteiger partial charge on any atom is -0.393 e. The fraction of sp³-hybridized carbons (Fsp3) is 0.500. The summed E-state index contributed by atoms with van der Waals surface area (Å²) in [7, 11) is 0. The summed E-state index contributed by atoms with van der Waals surface area (Å²) in [6.45, 7) is 3.94. The molecular weight excluding hydrogens is 306 g/mol. The third-order valence-electron chi connectivity index (χ3n) is 3.65. The van der Waals surface area contributed by atoms with Crippen LogP contribution >= 0.6 is 22.7 Å². The van der Waals surface area contributed by atoms with Crippen molar-refractivity contribution in [1.82, 2.24) is 9.97 Å². The number of hydrogen-bond acceptors (Lipinski definition) is 6. The number of nitrogens with one attached hydrogen (secondary N) is 1. The first kappa shape index (κ1) is 14.6. The lowest BCUT2D eigenvalue weighted by molar-refractivity contribution is -0.119. The van der Waals surface area contributed by atoms with Gasteiger partial charge in [-0.25, -0.2) is 9.97 Å². The van der Waals surface area contributed by atoms with E-state index in [4.69, 9.17) is 0 Å². The van der Waals surface area contributed by atoms with E-state index in [0.717, 1.165) is 27.7 Å². The second-order valence-electron chi connectivity index (χ2n) is 5.34. The molecule has 1 saturated carbocycles. The van der Waals surface area contributed by atoms with Crippen molar-refractivity contribution >= 4 is 33.7 Å². The van der Waals surface area contributed by atoms with Gasteiger partial charge in [0.2, 0.25) is 5.91 Å². The molecule has 5 nitrogen and oxygen atoms in total. The van der Waals surface area contributed by atoms with Crippen LogP contribution in [0.15, 0.2) is 5.38 Å². The van der Waals surface area contributed by atoms with Crippen LogP contribution in [0, 0.1) is 19.8 Å². The van der Waals surface area contributed by atoms with E-state index < -0.39 is 0 Å². The summed E-state index contributed by atoms with van der Waals surface area (Å²) in [5.74, 6) is -0.135. The molecular formula is C14H17N3O2S2. The maximum absolute atomic E-state index is 12.1. The molecule has 1 fully saturated rings. The molecule has 0 bridgehead atoms. The first-order valence-corrected chi connectivity index (χ1v) is 8.61. The Morgan fingerprint density at radius 2 is 2.19 bits per heavy atom. The quantitative estimate of drug-likeness (QED) is 0.910. The lowest BCUT2D eigenvalue weighted by Gasteiger charge is -2.07. The van der Waals surface area contributed by atoms with Crippen LogP contribution in [-0.2, 0) is 4.79 Å². The second kappa shape index (κ2) is 5.82. The van der Waals surface area contributed by atoms with Gasteiger partial charge in [-0.1, -0.05) is 0 Å². The van der Waals surface area contributed by atoms with Gasteiger partial charge in [0.05, 0.1) is 27.4 Å². The van der Waals surface area contributed by atoms with E-state index in [2.05, 4.69) is 15.3 Å². The molecule has 3 rings (SSSR count). The average molecular weight is 323 g/mol. The molecule has 112 valence electrons. The highest BCUT2D eigenvalue weighted by molar-refractivity contribution is 7.16. The number of carbonyl (C=O) groups excluding carboxylic acids is 1. The Hall–Kier alpha value is -1.31. The van der Waals surface area contributed by atoms with Crippen molar-refractivity contribution in [2.24, 2.45) is 5.92 Å². The highest BCUT2D eigenvalue weighted by Crippen LogP contribution is 2.33. The van der Waals surface area contributed by atoms with Crippen LogP contribution in [0.1, 0.15) is 30.0 Å². The third kappa shape index (κ3) is 3.14. The molecule has 2 atom stereocenters. The number of hydrogen-bond donors (Lipinski definition) is 2. The molecule has 0 unspecified atom stereocenters. The first-order valence-electron chi connectivity index (χ1n) is 6.92. The van der Waals surface area contributed by atoms with Gasteiger partial charge in [0, 0.05) is 11.3 Å². The van der Waals surface area contributed by atoms with Gasteiger partial charge in [-0.3, -0.25) is 4.79 Å². The lowest BCUT2D eigenvalue weighted by atomic mass is 10.1. The molecule has 1 amide bonds. The fourth-order valence-electron chi connectivity index (χ4n) is 2.61. The maximum atomic E-state index is 12.1. The predicted octanol–water partition coefficient (Wildman–Crippen LogP) is 2.98. The van der Waals surface area contributed by atoms with Crippen molar-refractivity contribution in [3.05, 3.63) is 16.1 Å². The molecule has 0 aliphatic heterocycles. The monoisotopic (exact) mass is 323 g/mol. The molecule has 1 aliphatic rings. The number of carbonyl (C=O) groups is 1. The first-order chi connectivity index (χ1) is 10.0. The molecule has 2 aromatic heterocycles. The molecule has 0 spiro atoms. The van der Waals surface area contributed by atoms with Gasteiger partial charge in [0.1, 0.15) is 0 Å². The van der Waals surface area contributed by atoms with E-state index in [1.165, 1.54) is 11.3 Å². The number of thiazole rings is 2. The van der Waals surface area contributed by atoms with Gasteiger partial charge < -0.3 is 10.4 Å². The van der Waals surface area contributed by atoms with Crippen molar-refractivity contribution in [2.75, 3.05) is 5.32 Å². The van der Waals surface area contributed by atoms with Crippen molar-refractivity contribution in [2.45, 2.75) is 39.2 Å². The Kier molecular flexibility index (Phi) is 4.05. The Balaban J connectivity index is 1.71. The van der Waals surface area contributed by atoms with E-state index >= 15 is 0 Å². The zero-order valence-electron chi connectivity index (χ0n) is 11.9. The zero-order chi connectivity index (χ0) is 15.0. The van der Waals surface area contributed by atoms with Crippen LogP contribution in [0.25, 0.3) is 10.6 Å². The number of anilines is 1. The normalized spacial score (nSPS) is 21.7. The van der Waals surface area contributed by atoms with Crippen molar-refractivity contribution in [3.63, 3.8) is 0 Å². The number of rotatable bonds is 3. The molecule has 1 aliphatic carbocycles. The minimum atomic E-state index is -0.338. The van der Waals surface area contributed by atoms with E-state index in [-0.39, 0.29) is 17.9 Å². The highest BCUT2D eigenvalue weighted by atomic mass is 32.1. The Labute approximate surface area is 131 Å². The highest BCUT2D eigenvalue weighted by Gasteiger charge is 2.29. The summed E-state index contributed by atoms with van der Waals surface area (Å²) < 4.78 is 0. The summed E-state index contributed by atoms with van der Waals surface area (Å²) in [6, 6.07) is 0. The van der Waals surface area contributed by atoms with Crippen molar-refractivity contribution in [3.8, 4) is 10.6 Å². The van der Waals surface area contributed by atoms with E-state index in [0.29, 0.717) is 18.0 Å². The molecule has 21 heavy (non-hydrogen) atoms. The predicted molar refractivity (Wildman–Crippen MR) is 84.7 cm³/mol.